The maximum Gasteiger partial charge on any atom is 0.408 e. The molecule has 0 aliphatic rings. The van der Waals surface area contributed by atoms with Crippen molar-refractivity contribution in [2.75, 3.05) is 7.11 Å². The van der Waals surface area contributed by atoms with E-state index in [1.807, 2.05) is 33.8 Å². The molecule has 0 unspecified atom stereocenters. The Morgan fingerprint density at radius 1 is 0.472 bits per heavy atom. The van der Waals surface area contributed by atoms with Crippen molar-refractivity contribution in [1.82, 2.24) is 42.5 Å². The standard InChI is InChI=1S/C53H82N8O11/c1-30(2)26-37(44(63)56-40(29-36-24-20-17-21-25-36)47(66)60-42(33(7)8)49(68)71-15)55-43(62)34(9)54-50(69)53(13,14)61-48(67)41(32(5)6)59-46(65)39(28-35-22-18-16-19-23-35)57-45(64)38(27-31(3)4)58-51(70)72-52(10,11)12/h16-25,30-34,37-42H,26-29H2,1-15H3,(H,54,69)(H,55,62)(H,56,63)(H,57,64)(H,58,70)(H,59,65)(H,60,66)(H,61,67)/t34-,37+,38+,39+,40+,41+,42+/m1/s1. The van der Waals surface area contributed by atoms with Gasteiger partial charge < -0.3 is 52.0 Å². The molecule has 0 fully saturated rings. The van der Waals surface area contributed by atoms with E-state index < -0.39 is 113 Å². The summed E-state index contributed by atoms with van der Waals surface area (Å²) in [6, 6.07) is 9.94. The molecule has 0 aliphatic heterocycles. The van der Waals surface area contributed by atoms with Crippen molar-refractivity contribution in [1.29, 1.82) is 0 Å². The molecule has 400 valence electrons. The van der Waals surface area contributed by atoms with Gasteiger partial charge in [0.2, 0.25) is 41.4 Å². The Bertz CT molecular complexity index is 2140. The molecule has 0 aliphatic carbocycles. The third-order valence-electron chi connectivity index (χ3n) is 11.3. The zero-order chi connectivity index (χ0) is 54.7. The quantitative estimate of drug-likeness (QED) is 0.0629. The number of carbonyl (C=O) groups is 9. The van der Waals surface area contributed by atoms with E-state index in [1.165, 1.54) is 27.9 Å². The molecule has 8 N–H and O–H groups in total. The third kappa shape index (κ3) is 21.4. The van der Waals surface area contributed by atoms with Gasteiger partial charge in [-0.25, -0.2) is 9.59 Å². The van der Waals surface area contributed by atoms with Gasteiger partial charge in [-0.3, -0.25) is 33.6 Å². The number of esters is 1. The molecule has 7 atom stereocenters. The van der Waals surface area contributed by atoms with Crippen molar-refractivity contribution in [3.05, 3.63) is 71.8 Å². The minimum Gasteiger partial charge on any atom is -0.467 e. The first-order chi connectivity index (χ1) is 33.4. The molecule has 0 saturated carbocycles. The fourth-order valence-electron chi connectivity index (χ4n) is 7.37. The fraction of sp³-hybridized carbons (Fsp3) is 0.604. The molecule has 0 aromatic heterocycles. The lowest BCUT2D eigenvalue weighted by atomic mass is 9.97. The first kappa shape index (κ1) is 61.6. The molecule has 0 spiro atoms. The number of hydrogen-bond acceptors (Lipinski definition) is 11. The van der Waals surface area contributed by atoms with E-state index in [0.29, 0.717) is 5.56 Å². The Labute approximate surface area is 426 Å². The summed E-state index contributed by atoms with van der Waals surface area (Å²) in [6.45, 7) is 23.7. The van der Waals surface area contributed by atoms with Gasteiger partial charge in [-0.05, 0) is 89.2 Å². The summed E-state index contributed by atoms with van der Waals surface area (Å²) in [5, 5.41) is 21.6. The average Bonchev–Trinajstić information content (AvgIpc) is 3.27. The van der Waals surface area contributed by atoms with Crippen LogP contribution in [0.25, 0.3) is 0 Å². The molecule has 8 amide bonds. The first-order valence-corrected chi connectivity index (χ1v) is 24.7. The Kier molecular flexibility index (Phi) is 24.4. The number of benzene rings is 2. The molecule has 0 heterocycles. The van der Waals surface area contributed by atoms with Crippen molar-refractivity contribution in [2.24, 2.45) is 23.7 Å². The van der Waals surface area contributed by atoms with Crippen LogP contribution in [0.3, 0.4) is 0 Å². The van der Waals surface area contributed by atoms with Crippen LogP contribution in [0.15, 0.2) is 60.7 Å². The highest BCUT2D eigenvalue weighted by atomic mass is 16.6. The molecule has 72 heavy (non-hydrogen) atoms. The second-order valence-electron chi connectivity index (χ2n) is 21.3. The van der Waals surface area contributed by atoms with Crippen LogP contribution < -0.4 is 42.5 Å². The number of carbonyl (C=O) groups excluding carboxylic acids is 9. The van der Waals surface area contributed by atoms with Crippen molar-refractivity contribution in [2.45, 2.75) is 176 Å². The number of alkyl carbamates (subject to hydrolysis) is 1. The van der Waals surface area contributed by atoms with Gasteiger partial charge in [0.25, 0.3) is 0 Å². The van der Waals surface area contributed by atoms with Gasteiger partial charge >= 0.3 is 12.1 Å². The SMILES string of the molecule is COC(=O)[C@@H](NC(=O)[C@H](Cc1ccccc1)NC(=O)[C@H](CC(C)C)NC(=O)[C@@H](C)NC(=O)C(C)(C)NC(=O)[C@@H](NC(=O)[C@H](Cc1ccccc1)NC(=O)[C@H](CC(C)C)NC(=O)OC(C)(C)C)C(C)C)C(C)C. The monoisotopic (exact) mass is 1010 g/mol. The van der Waals surface area contributed by atoms with Crippen molar-refractivity contribution in [3.63, 3.8) is 0 Å². The van der Waals surface area contributed by atoms with Crippen molar-refractivity contribution >= 4 is 53.4 Å². The second-order valence-corrected chi connectivity index (χ2v) is 21.3. The third-order valence-corrected chi connectivity index (χ3v) is 11.3. The zero-order valence-electron chi connectivity index (χ0n) is 44.9. The normalized spacial score (nSPS) is 14.6. The average molecular weight is 1010 g/mol. The number of hydrogen-bond donors (Lipinski definition) is 8. The van der Waals surface area contributed by atoms with Gasteiger partial charge in [-0.1, -0.05) is 116 Å². The number of ether oxygens (including phenoxy) is 2. The highest BCUT2D eigenvalue weighted by Gasteiger charge is 2.38. The molecule has 2 aromatic carbocycles. The minimum atomic E-state index is -1.65. The minimum absolute atomic E-state index is 0.0258. The largest absolute Gasteiger partial charge is 0.467 e. The number of rotatable bonds is 26. The highest BCUT2D eigenvalue weighted by molar-refractivity contribution is 5.99. The number of amides is 8. The van der Waals surface area contributed by atoms with E-state index in [0.717, 1.165) is 5.56 Å². The molecule has 0 saturated heterocycles. The predicted octanol–water partition coefficient (Wildman–Crippen LogP) is 3.77. The lowest BCUT2D eigenvalue weighted by molar-refractivity contribution is -0.146. The van der Waals surface area contributed by atoms with Gasteiger partial charge in [-0.15, -0.1) is 0 Å². The van der Waals surface area contributed by atoms with Gasteiger partial charge in [-0.2, -0.15) is 0 Å². The van der Waals surface area contributed by atoms with Crippen LogP contribution in [0.1, 0.15) is 121 Å². The summed E-state index contributed by atoms with van der Waals surface area (Å²) in [5.41, 5.74) is -1.03. The van der Waals surface area contributed by atoms with Gasteiger partial charge in [0.1, 0.15) is 53.4 Å². The van der Waals surface area contributed by atoms with Crippen LogP contribution in [0.2, 0.25) is 0 Å². The van der Waals surface area contributed by atoms with Crippen LogP contribution in [-0.2, 0) is 60.7 Å². The van der Waals surface area contributed by atoms with Gasteiger partial charge in [0.15, 0.2) is 0 Å². The lowest BCUT2D eigenvalue weighted by Crippen LogP contribution is -2.63. The van der Waals surface area contributed by atoms with Crippen LogP contribution in [0, 0.1) is 23.7 Å². The topological polar surface area (TPSA) is 268 Å². The molecule has 0 bridgehead atoms. The van der Waals surface area contributed by atoms with E-state index >= 15 is 0 Å². The zero-order valence-corrected chi connectivity index (χ0v) is 44.9. The molecular weight excluding hydrogens is 925 g/mol. The van der Waals surface area contributed by atoms with Crippen molar-refractivity contribution in [3.8, 4) is 0 Å². The van der Waals surface area contributed by atoms with E-state index in [4.69, 9.17) is 9.47 Å². The molecule has 2 rings (SSSR count). The molecule has 2 aromatic rings. The van der Waals surface area contributed by atoms with E-state index in [2.05, 4.69) is 42.5 Å². The van der Waals surface area contributed by atoms with Crippen LogP contribution >= 0.6 is 0 Å². The molecule has 19 nitrogen and oxygen atoms in total. The summed E-state index contributed by atoms with van der Waals surface area (Å²) in [4.78, 5) is 123. The summed E-state index contributed by atoms with van der Waals surface area (Å²) < 4.78 is 10.3. The Balaban J connectivity index is 2.27. The molecule has 19 heteroatoms. The second kappa shape index (κ2) is 28.5. The number of nitrogens with one attached hydrogen (secondary N) is 8. The Morgan fingerprint density at radius 3 is 1.25 bits per heavy atom. The van der Waals surface area contributed by atoms with E-state index in [1.54, 1.807) is 103 Å². The van der Waals surface area contributed by atoms with E-state index in [-0.39, 0.29) is 43.4 Å². The van der Waals surface area contributed by atoms with Crippen LogP contribution in [-0.4, -0.2) is 114 Å². The summed E-state index contributed by atoms with van der Waals surface area (Å²) >= 11 is 0. The maximum absolute atomic E-state index is 14.2. The smallest absolute Gasteiger partial charge is 0.408 e. The number of methoxy groups -OCH3 is 1. The fourth-order valence-corrected chi connectivity index (χ4v) is 7.37. The highest BCUT2D eigenvalue weighted by Crippen LogP contribution is 2.15. The lowest BCUT2D eigenvalue weighted by Gasteiger charge is -2.32. The molecule has 0 radical (unpaired) electrons. The van der Waals surface area contributed by atoms with Crippen LogP contribution in [0.5, 0.6) is 0 Å². The maximum atomic E-state index is 14.2. The van der Waals surface area contributed by atoms with Crippen molar-refractivity contribution < 1.29 is 52.6 Å². The Morgan fingerprint density at radius 2 is 0.861 bits per heavy atom. The van der Waals surface area contributed by atoms with Gasteiger partial charge in [0, 0.05) is 12.8 Å². The van der Waals surface area contributed by atoms with Gasteiger partial charge in [0.05, 0.1) is 7.11 Å². The molecular formula is C53H82N8O11. The van der Waals surface area contributed by atoms with E-state index in [9.17, 15) is 43.2 Å². The summed E-state index contributed by atoms with van der Waals surface area (Å²) in [5.74, 6) is -6.45. The predicted molar refractivity (Wildman–Crippen MR) is 274 cm³/mol. The summed E-state index contributed by atoms with van der Waals surface area (Å²) in [7, 11) is 1.21. The Hall–Kier alpha value is -6.53. The summed E-state index contributed by atoms with van der Waals surface area (Å²) in [6.07, 6.45) is -0.286. The van der Waals surface area contributed by atoms with Crippen LogP contribution in [0.4, 0.5) is 4.79 Å². The first-order valence-electron chi connectivity index (χ1n) is 24.7.